The lowest BCUT2D eigenvalue weighted by molar-refractivity contribution is 0.209. The summed E-state index contributed by atoms with van der Waals surface area (Å²) in [6.07, 6.45) is 9.51. The van der Waals surface area contributed by atoms with Crippen LogP contribution in [-0.4, -0.2) is 18.3 Å². The Morgan fingerprint density at radius 1 is 1.45 bits per heavy atom. The molecule has 1 N–H and O–H groups in total. The molecule has 0 bridgehead atoms. The Balaban J connectivity index is 2.23. The van der Waals surface area contributed by atoms with Crippen LogP contribution in [0.5, 0.6) is 17.2 Å². The molecule has 0 aromatic heterocycles. The van der Waals surface area contributed by atoms with Gasteiger partial charge in [0.1, 0.15) is 11.9 Å². The number of rotatable bonds is 6. The molecule has 1 aromatic carbocycles. The minimum absolute atomic E-state index is 0.214. The van der Waals surface area contributed by atoms with Crippen LogP contribution in [0.4, 0.5) is 0 Å². The highest BCUT2D eigenvalue weighted by Gasteiger charge is 2.28. The van der Waals surface area contributed by atoms with Crippen LogP contribution in [0.15, 0.2) is 12.1 Å². The molecule has 1 atom stereocenters. The van der Waals surface area contributed by atoms with Crippen molar-refractivity contribution in [1.29, 1.82) is 0 Å². The van der Waals surface area contributed by atoms with E-state index in [9.17, 15) is 5.11 Å². The van der Waals surface area contributed by atoms with E-state index < -0.39 is 0 Å². The number of phenols is 1. The van der Waals surface area contributed by atoms with Crippen molar-refractivity contribution in [3.8, 4) is 17.2 Å². The molecule has 0 saturated carbocycles. The van der Waals surface area contributed by atoms with Crippen LogP contribution in [0.3, 0.4) is 0 Å². The maximum atomic E-state index is 10.1. The van der Waals surface area contributed by atoms with Gasteiger partial charge in [0.05, 0.1) is 12.7 Å². The lowest BCUT2D eigenvalue weighted by Crippen LogP contribution is -2.12. The van der Waals surface area contributed by atoms with Gasteiger partial charge in [-0.05, 0) is 25.8 Å². The Kier molecular flexibility index (Phi) is 4.94. The largest absolute Gasteiger partial charge is 0.507 e. The van der Waals surface area contributed by atoms with Gasteiger partial charge in [-0.3, -0.25) is 0 Å². The zero-order valence-electron chi connectivity index (χ0n) is 12.6. The monoisotopic (exact) mass is 276 g/mol. The predicted octanol–water partition coefficient (Wildman–Crippen LogP) is 4.32. The minimum atomic E-state index is 0.214. The van der Waals surface area contributed by atoms with Gasteiger partial charge < -0.3 is 14.6 Å². The molecule has 0 aliphatic carbocycles. The number of unbranched alkanes of at least 4 members (excludes halogenated alkanes) is 2. The van der Waals surface area contributed by atoms with Gasteiger partial charge in [-0.2, -0.15) is 0 Å². The molecule has 0 fully saturated rings. The van der Waals surface area contributed by atoms with E-state index in [1.807, 2.05) is 25.1 Å². The SMILES string of the molecule is CC=Cc1c(O)cc2c(c1OC)OC(CCCCC)C2. The Hall–Kier alpha value is -1.64. The molecule has 20 heavy (non-hydrogen) atoms. The maximum absolute atomic E-state index is 10.1. The third kappa shape index (κ3) is 2.92. The van der Waals surface area contributed by atoms with E-state index >= 15 is 0 Å². The Labute approximate surface area is 121 Å². The van der Waals surface area contributed by atoms with E-state index in [1.54, 1.807) is 7.11 Å². The van der Waals surface area contributed by atoms with Crippen molar-refractivity contribution >= 4 is 6.08 Å². The molecule has 110 valence electrons. The standard InChI is InChI=1S/C17H24O3/c1-4-6-7-9-13-10-12-11-15(18)14(8-5-2)17(19-3)16(12)20-13/h5,8,11,13,18H,4,6-7,9-10H2,1-3H3. The van der Waals surface area contributed by atoms with Crippen molar-refractivity contribution in [2.45, 2.75) is 52.1 Å². The van der Waals surface area contributed by atoms with Gasteiger partial charge >= 0.3 is 0 Å². The first-order chi connectivity index (χ1) is 9.71. The first kappa shape index (κ1) is 14.8. The fourth-order valence-electron chi connectivity index (χ4n) is 2.74. The van der Waals surface area contributed by atoms with Gasteiger partial charge in [0, 0.05) is 12.0 Å². The maximum Gasteiger partial charge on any atom is 0.171 e. The topological polar surface area (TPSA) is 38.7 Å². The number of phenolic OH excluding ortho intramolecular Hbond substituents is 1. The molecule has 2 rings (SSSR count). The van der Waals surface area contributed by atoms with Gasteiger partial charge in [-0.1, -0.05) is 31.9 Å². The number of methoxy groups -OCH3 is 1. The van der Waals surface area contributed by atoms with Gasteiger partial charge in [-0.15, -0.1) is 0 Å². The molecular weight excluding hydrogens is 252 g/mol. The van der Waals surface area contributed by atoms with Gasteiger partial charge in [0.15, 0.2) is 11.5 Å². The fourth-order valence-corrected chi connectivity index (χ4v) is 2.74. The first-order valence-corrected chi connectivity index (χ1v) is 7.43. The zero-order chi connectivity index (χ0) is 14.5. The average molecular weight is 276 g/mol. The van der Waals surface area contributed by atoms with Crippen LogP contribution in [-0.2, 0) is 6.42 Å². The zero-order valence-corrected chi connectivity index (χ0v) is 12.6. The van der Waals surface area contributed by atoms with E-state index in [0.717, 1.165) is 24.2 Å². The summed E-state index contributed by atoms with van der Waals surface area (Å²) < 4.78 is 11.5. The van der Waals surface area contributed by atoms with Crippen LogP contribution in [0.2, 0.25) is 0 Å². The van der Waals surface area contributed by atoms with Crippen molar-refractivity contribution in [3.05, 3.63) is 23.3 Å². The van der Waals surface area contributed by atoms with E-state index in [4.69, 9.17) is 9.47 Å². The lowest BCUT2D eigenvalue weighted by Gasteiger charge is -2.14. The van der Waals surface area contributed by atoms with Crippen LogP contribution in [0.1, 0.15) is 50.7 Å². The molecule has 1 unspecified atom stereocenters. The summed E-state index contributed by atoms with van der Waals surface area (Å²) in [7, 11) is 1.62. The minimum Gasteiger partial charge on any atom is -0.507 e. The van der Waals surface area contributed by atoms with Crippen LogP contribution in [0, 0.1) is 0 Å². The van der Waals surface area contributed by atoms with E-state index in [0.29, 0.717) is 11.3 Å². The Morgan fingerprint density at radius 2 is 2.25 bits per heavy atom. The van der Waals surface area contributed by atoms with Crippen molar-refractivity contribution < 1.29 is 14.6 Å². The molecule has 0 radical (unpaired) electrons. The number of allylic oxidation sites excluding steroid dienone is 1. The third-order valence-corrected chi connectivity index (χ3v) is 3.73. The molecule has 0 spiro atoms. The fraction of sp³-hybridized carbons (Fsp3) is 0.529. The van der Waals surface area contributed by atoms with Crippen molar-refractivity contribution in [2.24, 2.45) is 0 Å². The second kappa shape index (κ2) is 6.69. The highest BCUT2D eigenvalue weighted by Crippen LogP contribution is 2.45. The Morgan fingerprint density at radius 3 is 2.90 bits per heavy atom. The van der Waals surface area contributed by atoms with E-state index in [2.05, 4.69) is 6.92 Å². The summed E-state index contributed by atoms with van der Waals surface area (Å²) in [5.41, 5.74) is 1.75. The van der Waals surface area contributed by atoms with Gasteiger partial charge in [0.25, 0.3) is 0 Å². The summed E-state index contributed by atoms with van der Waals surface area (Å²) >= 11 is 0. The molecule has 1 heterocycles. The second-order valence-electron chi connectivity index (χ2n) is 5.27. The van der Waals surface area contributed by atoms with Crippen molar-refractivity contribution in [2.75, 3.05) is 7.11 Å². The first-order valence-electron chi connectivity index (χ1n) is 7.43. The number of fused-ring (bicyclic) bond motifs is 1. The quantitative estimate of drug-likeness (QED) is 0.786. The summed E-state index contributed by atoms with van der Waals surface area (Å²) in [6, 6.07) is 1.81. The normalized spacial score (nSPS) is 17.2. The number of ether oxygens (including phenoxy) is 2. The summed E-state index contributed by atoms with van der Waals surface area (Å²) in [4.78, 5) is 0. The molecule has 0 saturated heterocycles. The van der Waals surface area contributed by atoms with Gasteiger partial charge in [-0.25, -0.2) is 0 Å². The third-order valence-electron chi connectivity index (χ3n) is 3.73. The van der Waals surface area contributed by atoms with Gasteiger partial charge in [0.2, 0.25) is 0 Å². The molecule has 3 heteroatoms. The summed E-state index contributed by atoms with van der Waals surface area (Å²) in [5, 5.41) is 10.1. The number of hydrogen-bond donors (Lipinski definition) is 1. The average Bonchev–Trinajstić information content (AvgIpc) is 2.82. The van der Waals surface area contributed by atoms with Crippen molar-refractivity contribution in [1.82, 2.24) is 0 Å². The van der Waals surface area contributed by atoms with Crippen LogP contribution >= 0.6 is 0 Å². The highest BCUT2D eigenvalue weighted by molar-refractivity contribution is 5.71. The lowest BCUT2D eigenvalue weighted by atomic mass is 10.0. The van der Waals surface area contributed by atoms with Crippen molar-refractivity contribution in [3.63, 3.8) is 0 Å². The Bertz CT molecular complexity index is 491. The predicted molar refractivity (Wildman–Crippen MR) is 81.6 cm³/mol. The van der Waals surface area contributed by atoms with Crippen LogP contribution < -0.4 is 9.47 Å². The number of benzene rings is 1. The molecule has 1 aromatic rings. The molecule has 1 aliphatic rings. The summed E-state index contributed by atoms with van der Waals surface area (Å²) in [6.45, 7) is 4.12. The molecule has 3 nitrogen and oxygen atoms in total. The van der Waals surface area contributed by atoms with E-state index in [1.165, 1.54) is 19.3 Å². The number of aromatic hydroxyl groups is 1. The second-order valence-corrected chi connectivity index (χ2v) is 5.27. The van der Waals surface area contributed by atoms with E-state index in [-0.39, 0.29) is 11.9 Å². The summed E-state index contributed by atoms with van der Waals surface area (Å²) in [5.74, 6) is 1.72. The molecule has 0 amide bonds. The smallest absolute Gasteiger partial charge is 0.171 e. The molecule has 1 aliphatic heterocycles. The van der Waals surface area contributed by atoms with Crippen LogP contribution in [0.25, 0.3) is 6.08 Å². The number of hydrogen-bond acceptors (Lipinski definition) is 3. The molecular formula is C17H24O3. The highest BCUT2D eigenvalue weighted by atomic mass is 16.5.